The number of piperidine rings is 1. The fourth-order valence-electron chi connectivity index (χ4n) is 3.69. The standard InChI is InChI=1S/C18H24N4O/c1-13-11-19-17-10-14(7-9-21(13)17)18(23)20-12-16-4-2-3-8-22(16)15-5-6-15/h7,9-11,15-16H,2-6,8,12H2,1H3,(H,20,23)/t16-/m1/s1. The van der Waals surface area contributed by atoms with Crippen LogP contribution < -0.4 is 5.32 Å². The zero-order chi connectivity index (χ0) is 15.8. The highest BCUT2D eigenvalue weighted by Gasteiger charge is 2.35. The average Bonchev–Trinajstić information content (AvgIpc) is 3.36. The predicted molar refractivity (Wildman–Crippen MR) is 89.6 cm³/mol. The van der Waals surface area contributed by atoms with E-state index in [0.29, 0.717) is 11.6 Å². The van der Waals surface area contributed by atoms with Crippen molar-refractivity contribution in [2.24, 2.45) is 0 Å². The Morgan fingerprint density at radius 1 is 1.35 bits per heavy atom. The van der Waals surface area contributed by atoms with E-state index in [1.165, 1.54) is 38.6 Å². The smallest absolute Gasteiger partial charge is 0.251 e. The molecule has 122 valence electrons. The zero-order valence-electron chi connectivity index (χ0n) is 13.7. The fraction of sp³-hybridized carbons (Fsp3) is 0.556. The van der Waals surface area contributed by atoms with Crippen molar-refractivity contribution in [1.82, 2.24) is 19.6 Å². The van der Waals surface area contributed by atoms with E-state index in [2.05, 4.69) is 15.2 Å². The van der Waals surface area contributed by atoms with Crippen LogP contribution in [0, 0.1) is 6.92 Å². The van der Waals surface area contributed by atoms with Crippen molar-refractivity contribution < 1.29 is 4.79 Å². The van der Waals surface area contributed by atoms with Crippen LogP contribution in [-0.4, -0.2) is 45.4 Å². The number of nitrogens with one attached hydrogen (secondary N) is 1. The van der Waals surface area contributed by atoms with Gasteiger partial charge in [0, 0.05) is 42.3 Å². The van der Waals surface area contributed by atoms with Gasteiger partial charge < -0.3 is 9.72 Å². The van der Waals surface area contributed by atoms with Gasteiger partial charge in [-0.25, -0.2) is 4.98 Å². The average molecular weight is 312 g/mol. The van der Waals surface area contributed by atoms with Crippen LogP contribution in [0.5, 0.6) is 0 Å². The number of nitrogens with zero attached hydrogens (tertiary/aromatic N) is 3. The third-order valence-corrected chi connectivity index (χ3v) is 5.15. The molecule has 1 aliphatic carbocycles. The normalized spacial score (nSPS) is 22.4. The maximum absolute atomic E-state index is 12.5. The summed E-state index contributed by atoms with van der Waals surface area (Å²) >= 11 is 0. The van der Waals surface area contributed by atoms with Gasteiger partial charge in [-0.05, 0) is 51.3 Å². The molecule has 2 aromatic heterocycles. The lowest BCUT2D eigenvalue weighted by Gasteiger charge is -2.36. The van der Waals surface area contributed by atoms with Crippen molar-refractivity contribution in [3.05, 3.63) is 35.8 Å². The van der Waals surface area contributed by atoms with Gasteiger partial charge in [-0.15, -0.1) is 0 Å². The van der Waals surface area contributed by atoms with E-state index in [1.807, 2.05) is 35.9 Å². The minimum Gasteiger partial charge on any atom is -0.350 e. The lowest BCUT2D eigenvalue weighted by atomic mass is 10.0. The van der Waals surface area contributed by atoms with Crippen LogP contribution in [0.15, 0.2) is 24.5 Å². The number of aromatic nitrogens is 2. The molecule has 1 aliphatic heterocycles. The number of likely N-dealkylation sites (tertiary alicyclic amines) is 1. The minimum absolute atomic E-state index is 0.00877. The largest absolute Gasteiger partial charge is 0.350 e. The van der Waals surface area contributed by atoms with Crippen molar-refractivity contribution in [2.75, 3.05) is 13.1 Å². The number of carbonyl (C=O) groups is 1. The molecule has 1 N–H and O–H groups in total. The van der Waals surface area contributed by atoms with Crippen molar-refractivity contribution in [2.45, 2.75) is 51.1 Å². The molecule has 5 nitrogen and oxygen atoms in total. The molecule has 0 unspecified atom stereocenters. The van der Waals surface area contributed by atoms with Crippen LogP contribution in [0.4, 0.5) is 0 Å². The Bertz CT molecular complexity index is 719. The van der Waals surface area contributed by atoms with Gasteiger partial charge >= 0.3 is 0 Å². The van der Waals surface area contributed by atoms with Crippen LogP contribution in [0.25, 0.3) is 5.65 Å². The summed E-state index contributed by atoms with van der Waals surface area (Å²) in [5.41, 5.74) is 2.60. The summed E-state index contributed by atoms with van der Waals surface area (Å²) in [6, 6.07) is 5.03. The quantitative estimate of drug-likeness (QED) is 0.943. The van der Waals surface area contributed by atoms with Gasteiger partial charge in [0.05, 0.1) is 0 Å². The second-order valence-corrected chi connectivity index (χ2v) is 6.87. The summed E-state index contributed by atoms with van der Waals surface area (Å²) in [4.78, 5) is 19.4. The number of hydrogen-bond donors (Lipinski definition) is 1. The maximum atomic E-state index is 12.5. The maximum Gasteiger partial charge on any atom is 0.251 e. The fourth-order valence-corrected chi connectivity index (χ4v) is 3.69. The predicted octanol–water partition coefficient (Wildman–Crippen LogP) is 2.39. The second-order valence-electron chi connectivity index (χ2n) is 6.87. The molecule has 4 rings (SSSR count). The zero-order valence-corrected chi connectivity index (χ0v) is 13.7. The van der Waals surface area contributed by atoms with Gasteiger partial charge in [-0.2, -0.15) is 0 Å². The Hall–Kier alpha value is -1.88. The number of rotatable bonds is 4. The molecule has 0 spiro atoms. The van der Waals surface area contributed by atoms with Crippen LogP contribution in [0.3, 0.4) is 0 Å². The molecule has 5 heteroatoms. The van der Waals surface area contributed by atoms with E-state index in [0.717, 1.165) is 23.9 Å². The van der Waals surface area contributed by atoms with Crippen molar-refractivity contribution in [1.29, 1.82) is 0 Å². The molecule has 1 atom stereocenters. The molecule has 1 amide bonds. The molecule has 0 radical (unpaired) electrons. The Morgan fingerprint density at radius 3 is 3.04 bits per heavy atom. The summed E-state index contributed by atoms with van der Waals surface area (Å²) in [6.07, 6.45) is 10.2. The molecule has 2 aromatic rings. The Morgan fingerprint density at radius 2 is 2.22 bits per heavy atom. The molecular weight excluding hydrogens is 288 g/mol. The molecule has 3 heterocycles. The Labute approximate surface area is 136 Å². The van der Waals surface area contributed by atoms with Crippen molar-refractivity contribution in [3.63, 3.8) is 0 Å². The monoisotopic (exact) mass is 312 g/mol. The first-order valence-electron chi connectivity index (χ1n) is 8.70. The molecule has 0 aromatic carbocycles. The summed E-state index contributed by atoms with van der Waals surface area (Å²) in [5.74, 6) is 0.00877. The molecule has 23 heavy (non-hydrogen) atoms. The lowest BCUT2D eigenvalue weighted by Crippen LogP contribution is -2.47. The summed E-state index contributed by atoms with van der Waals surface area (Å²) in [7, 11) is 0. The SMILES string of the molecule is Cc1cnc2cc(C(=O)NC[C@H]3CCCCN3C3CC3)ccn12. The molecular formula is C18H24N4O. The van der Waals surface area contributed by atoms with E-state index in [9.17, 15) is 4.79 Å². The highest BCUT2D eigenvalue weighted by molar-refractivity contribution is 5.95. The van der Waals surface area contributed by atoms with Gasteiger partial charge in [0.1, 0.15) is 5.65 Å². The molecule has 1 saturated carbocycles. The number of hydrogen-bond acceptors (Lipinski definition) is 3. The summed E-state index contributed by atoms with van der Waals surface area (Å²) in [6.45, 7) is 3.97. The number of imidazole rings is 1. The molecule has 2 aliphatic rings. The highest BCUT2D eigenvalue weighted by atomic mass is 16.1. The van der Waals surface area contributed by atoms with Crippen LogP contribution in [0.2, 0.25) is 0 Å². The van der Waals surface area contributed by atoms with Gasteiger partial charge in [-0.1, -0.05) is 6.42 Å². The number of fused-ring (bicyclic) bond motifs is 1. The van der Waals surface area contributed by atoms with E-state index in [1.54, 1.807) is 0 Å². The summed E-state index contributed by atoms with van der Waals surface area (Å²) < 4.78 is 1.99. The van der Waals surface area contributed by atoms with Gasteiger partial charge in [0.2, 0.25) is 0 Å². The Kier molecular flexibility index (Phi) is 3.81. The van der Waals surface area contributed by atoms with E-state index in [-0.39, 0.29) is 5.91 Å². The Balaban J connectivity index is 1.42. The molecule has 0 bridgehead atoms. The van der Waals surface area contributed by atoms with E-state index < -0.39 is 0 Å². The summed E-state index contributed by atoms with van der Waals surface area (Å²) in [5, 5.41) is 3.14. The first kappa shape index (κ1) is 14.7. The third-order valence-electron chi connectivity index (χ3n) is 5.15. The molecule has 1 saturated heterocycles. The first-order chi connectivity index (χ1) is 11.2. The van der Waals surface area contributed by atoms with Crippen molar-refractivity contribution >= 4 is 11.6 Å². The van der Waals surface area contributed by atoms with Gasteiger partial charge in [0.25, 0.3) is 5.91 Å². The number of aryl methyl sites for hydroxylation is 1. The molecule has 2 fully saturated rings. The van der Waals surface area contributed by atoms with Gasteiger partial charge in [-0.3, -0.25) is 9.69 Å². The first-order valence-corrected chi connectivity index (χ1v) is 8.70. The van der Waals surface area contributed by atoms with E-state index in [4.69, 9.17) is 0 Å². The van der Waals surface area contributed by atoms with Gasteiger partial charge in [0.15, 0.2) is 0 Å². The van der Waals surface area contributed by atoms with Crippen molar-refractivity contribution in [3.8, 4) is 0 Å². The lowest BCUT2D eigenvalue weighted by molar-refractivity contribution is 0.0906. The topological polar surface area (TPSA) is 49.6 Å². The number of pyridine rings is 1. The number of amides is 1. The van der Waals surface area contributed by atoms with Crippen LogP contribution in [0.1, 0.15) is 48.2 Å². The highest BCUT2D eigenvalue weighted by Crippen LogP contribution is 2.32. The minimum atomic E-state index is 0.00877. The van der Waals surface area contributed by atoms with E-state index >= 15 is 0 Å². The van der Waals surface area contributed by atoms with Crippen LogP contribution >= 0.6 is 0 Å². The van der Waals surface area contributed by atoms with Crippen LogP contribution in [-0.2, 0) is 0 Å². The number of carbonyl (C=O) groups excluding carboxylic acids is 1. The second kappa shape index (κ2) is 5.96. The third kappa shape index (κ3) is 2.98.